The maximum atomic E-state index is 12.5. The van der Waals surface area contributed by atoms with Gasteiger partial charge in [0.05, 0.1) is 10.7 Å². The van der Waals surface area contributed by atoms with Crippen molar-refractivity contribution in [2.45, 2.75) is 9.96 Å². The lowest BCUT2D eigenvalue weighted by molar-refractivity contribution is 0.0934. The van der Waals surface area contributed by atoms with Crippen LogP contribution in [0.25, 0.3) is 0 Å². The summed E-state index contributed by atoms with van der Waals surface area (Å²) in [6, 6.07) is 11.8. The second-order valence-electron chi connectivity index (χ2n) is 5.18. The fourth-order valence-corrected chi connectivity index (χ4v) is 3.36. The van der Waals surface area contributed by atoms with Crippen LogP contribution in [0.2, 0.25) is 10.0 Å². The largest absolute Gasteiger partial charge is 0.339 e. The van der Waals surface area contributed by atoms with Crippen molar-refractivity contribution in [1.29, 1.82) is 0 Å². The normalized spacial score (nSPS) is 12.2. The monoisotopic (exact) mass is 595 g/mol. The predicted octanol–water partition coefficient (Wildman–Crippen LogP) is 6.01. The van der Waals surface area contributed by atoms with Gasteiger partial charge >= 0.3 is 0 Å². The number of carbonyl (C=O) groups excluding carboxylic acids is 1. The van der Waals surface area contributed by atoms with E-state index in [0.717, 1.165) is 3.57 Å². The van der Waals surface area contributed by atoms with Crippen molar-refractivity contribution in [3.05, 3.63) is 61.6 Å². The highest BCUT2D eigenvalue weighted by molar-refractivity contribution is 14.1. The minimum Gasteiger partial charge on any atom is -0.339 e. The van der Waals surface area contributed by atoms with Crippen LogP contribution in [-0.4, -0.2) is 21.0 Å². The molecule has 3 N–H and O–H groups in total. The van der Waals surface area contributed by atoms with Crippen LogP contribution >= 0.6 is 92.8 Å². The molecule has 0 aliphatic carbocycles. The third kappa shape index (κ3) is 7.27. The number of alkyl halides is 3. The zero-order valence-electron chi connectivity index (χ0n) is 13.2. The molecule has 27 heavy (non-hydrogen) atoms. The molecule has 1 amide bonds. The minimum absolute atomic E-state index is 0.0819. The van der Waals surface area contributed by atoms with Crippen LogP contribution in [0.15, 0.2) is 42.5 Å². The summed E-state index contributed by atoms with van der Waals surface area (Å²) < 4.78 is -0.979. The van der Waals surface area contributed by atoms with Gasteiger partial charge in [-0.25, -0.2) is 0 Å². The fraction of sp³-hybridized carbons (Fsp3) is 0.125. The summed E-state index contributed by atoms with van der Waals surface area (Å²) in [6.07, 6.45) is -1.11. The standard InChI is InChI=1S/C16H11Cl5IN3OS/c17-9-4-5-11(18)12(7-9)23-15(27)25-14(16(19,20)21)24-13(26)8-2-1-3-10(22)6-8/h1-7,14H,(H,24,26)(H2,23,25,27)/t14-/m0/s1. The van der Waals surface area contributed by atoms with Gasteiger partial charge in [-0.3, -0.25) is 4.79 Å². The smallest absolute Gasteiger partial charge is 0.253 e. The van der Waals surface area contributed by atoms with Crippen molar-refractivity contribution in [1.82, 2.24) is 10.6 Å². The van der Waals surface area contributed by atoms with E-state index in [1.54, 1.807) is 36.4 Å². The molecule has 2 aromatic carbocycles. The zero-order chi connectivity index (χ0) is 20.2. The van der Waals surface area contributed by atoms with Crippen molar-refractivity contribution in [2.24, 2.45) is 0 Å². The van der Waals surface area contributed by atoms with E-state index < -0.39 is 15.9 Å². The topological polar surface area (TPSA) is 53.2 Å². The molecule has 0 bridgehead atoms. The van der Waals surface area contributed by atoms with Crippen LogP contribution < -0.4 is 16.0 Å². The van der Waals surface area contributed by atoms with E-state index in [2.05, 4.69) is 38.5 Å². The van der Waals surface area contributed by atoms with Gasteiger partial charge in [0.25, 0.3) is 5.91 Å². The quantitative estimate of drug-likeness (QED) is 0.175. The van der Waals surface area contributed by atoms with E-state index in [0.29, 0.717) is 21.3 Å². The molecule has 144 valence electrons. The lowest BCUT2D eigenvalue weighted by Gasteiger charge is -2.28. The lowest BCUT2D eigenvalue weighted by Crippen LogP contribution is -2.56. The molecule has 0 aromatic heterocycles. The van der Waals surface area contributed by atoms with Gasteiger partial charge in [-0.05, 0) is 71.2 Å². The number of thiocarbonyl (C=S) groups is 1. The van der Waals surface area contributed by atoms with Crippen LogP contribution in [0.4, 0.5) is 5.69 Å². The molecule has 2 rings (SSSR count). The molecule has 0 fully saturated rings. The summed E-state index contributed by atoms with van der Waals surface area (Å²) in [5.41, 5.74) is 0.883. The Morgan fingerprint density at radius 2 is 1.78 bits per heavy atom. The second kappa shape index (κ2) is 10.0. The van der Waals surface area contributed by atoms with E-state index in [-0.39, 0.29) is 5.11 Å². The first-order chi connectivity index (χ1) is 12.6. The Morgan fingerprint density at radius 1 is 1.07 bits per heavy atom. The molecule has 0 spiro atoms. The van der Waals surface area contributed by atoms with Crippen LogP contribution in [0.5, 0.6) is 0 Å². The average Bonchev–Trinajstić information content (AvgIpc) is 2.56. The molecule has 0 saturated carbocycles. The van der Waals surface area contributed by atoms with Gasteiger partial charge < -0.3 is 16.0 Å². The summed E-state index contributed by atoms with van der Waals surface area (Å²) in [5, 5.41) is 9.16. The van der Waals surface area contributed by atoms with Crippen molar-refractivity contribution in [2.75, 3.05) is 5.32 Å². The number of hydrogen-bond donors (Lipinski definition) is 3. The molecular formula is C16H11Cl5IN3OS. The van der Waals surface area contributed by atoms with Crippen LogP contribution in [0.1, 0.15) is 10.4 Å². The van der Waals surface area contributed by atoms with Gasteiger partial charge in [-0.15, -0.1) is 0 Å². The summed E-state index contributed by atoms with van der Waals surface area (Å²) in [7, 11) is 0. The van der Waals surface area contributed by atoms with Gasteiger partial charge in [-0.2, -0.15) is 0 Å². The van der Waals surface area contributed by atoms with E-state index in [1.165, 1.54) is 0 Å². The Labute approximate surface area is 200 Å². The molecule has 11 heteroatoms. The van der Waals surface area contributed by atoms with Gasteiger partial charge in [0.15, 0.2) is 5.11 Å². The summed E-state index contributed by atoms with van der Waals surface area (Å²) in [5.74, 6) is -0.430. The summed E-state index contributed by atoms with van der Waals surface area (Å²) in [4.78, 5) is 12.5. The molecule has 1 atom stereocenters. The fourth-order valence-electron chi connectivity index (χ4n) is 1.93. The average molecular weight is 598 g/mol. The van der Waals surface area contributed by atoms with Gasteiger partial charge in [0, 0.05) is 14.2 Å². The lowest BCUT2D eigenvalue weighted by atomic mass is 10.2. The first-order valence-corrected chi connectivity index (χ1v) is 10.6. The van der Waals surface area contributed by atoms with E-state index in [4.69, 9.17) is 70.2 Å². The van der Waals surface area contributed by atoms with Crippen molar-refractivity contribution >= 4 is 110 Å². The minimum atomic E-state index is -1.87. The molecule has 0 aliphatic heterocycles. The van der Waals surface area contributed by atoms with Crippen LogP contribution in [0, 0.1) is 3.57 Å². The highest BCUT2D eigenvalue weighted by Crippen LogP contribution is 2.30. The third-order valence-corrected chi connectivity index (χ3v) is 5.25. The van der Waals surface area contributed by atoms with Gasteiger partial charge in [0.2, 0.25) is 3.79 Å². The van der Waals surface area contributed by atoms with Gasteiger partial charge in [0.1, 0.15) is 6.17 Å². The molecule has 4 nitrogen and oxygen atoms in total. The molecule has 2 aromatic rings. The Bertz CT molecular complexity index is 862. The maximum Gasteiger partial charge on any atom is 0.253 e. The van der Waals surface area contributed by atoms with Crippen molar-refractivity contribution in [3.63, 3.8) is 0 Å². The SMILES string of the molecule is O=C(N[C@@H](NC(=S)Nc1cc(Cl)ccc1Cl)C(Cl)(Cl)Cl)c1cccc(I)c1. The zero-order valence-corrected chi connectivity index (χ0v) is 20.0. The summed E-state index contributed by atoms with van der Waals surface area (Å²) >= 11 is 37.3. The number of hydrogen-bond acceptors (Lipinski definition) is 2. The highest BCUT2D eigenvalue weighted by atomic mass is 127. The Kier molecular flexibility index (Phi) is 8.54. The second-order valence-corrected chi connectivity index (χ2v) is 10.0. The number of carbonyl (C=O) groups is 1. The number of benzene rings is 2. The molecule has 0 radical (unpaired) electrons. The van der Waals surface area contributed by atoms with E-state index in [9.17, 15) is 4.79 Å². The molecular weight excluding hydrogens is 586 g/mol. The van der Waals surface area contributed by atoms with Gasteiger partial charge in [-0.1, -0.05) is 64.1 Å². The predicted molar refractivity (Wildman–Crippen MR) is 127 cm³/mol. The molecule has 0 saturated heterocycles. The molecule has 0 heterocycles. The number of nitrogens with one attached hydrogen (secondary N) is 3. The Hall–Kier alpha value is -0.220. The van der Waals surface area contributed by atoms with Crippen LogP contribution in [-0.2, 0) is 0 Å². The molecule has 0 aliphatic rings. The first kappa shape index (κ1) is 23.1. The number of amides is 1. The maximum absolute atomic E-state index is 12.5. The van der Waals surface area contributed by atoms with Crippen molar-refractivity contribution in [3.8, 4) is 0 Å². The molecule has 0 unspecified atom stereocenters. The number of halogens is 6. The summed E-state index contributed by atoms with van der Waals surface area (Å²) in [6.45, 7) is 0. The number of anilines is 1. The Morgan fingerprint density at radius 3 is 2.41 bits per heavy atom. The van der Waals surface area contributed by atoms with Crippen molar-refractivity contribution < 1.29 is 4.79 Å². The van der Waals surface area contributed by atoms with E-state index >= 15 is 0 Å². The van der Waals surface area contributed by atoms with E-state index in [1.807, 2.05) is 6.07 Å². The Balaban J connectivity index is 2.11. The highest BCUT2D eigenvalue weighted by Gasteiger charge is 2.35. The third-order valence-electron chi connectivity index (χ3n) is 3.14. The number of rotatable bonds is 4. The first-order valence-electron chi connectivity index (χ1n) is 7.22. The van der Waals surface area contributed by atoms with Crippen LogP contribution in [0.3, 0.4) is 0 Å².